The number of carbonyl (C=O) groups is 2. The molecule has 7 aromatic rings. The SMILES string of the molecule is COc1ccc(N)cc1-c1c(Br)cnn1C.COc1ccc(NC(=O)Nc2ccc(F)cc2F)cc1-c1c(Br)cnn1C.COc1ccc(NC(C)=O)cc1-c1c(Br)cnn1C. The Bertz CT molecular complexity index is 2660. The minimum absolute atomic E-state index is 0.111. The summed E-state index contributed by atoms with van der Waals surface area (Å²) in [6, 6.07) is 18.3. The van der Waals surface area contributed by atoms with Gasteiger partial charge in [0.1, 0.15) is 28.9 Å². The van der Waals surface area contributed by atoms with Gasteiger partial charge in [-0.3, -0.25) is 18.8 Å². The summed E-state index contributed by atoms with van der Waals surface area (Å²) >= 11 is 10.4. The molecule has 7 rings (SSSR count). The maximum atomic E-state index is 13.7. The molecule has 0 spiro atoms. The number of ether oxygens (including phenoxy) is 3. The monoisotopic (exact) mass is 1040 g/mol. The molecule has 4 aromatic carbocycles. The molecule has 0 fully saturated rings. The average Bonchev–Trinajstić information content (AvgIpc) is 3.88. The second-order valence-electron chi connectivity index (χ2n) is 13.1. The predicted molar refractivity (Wildman–Crippen MR) is 246 cm³/mol. The van der Waals surface area contributed by atoms with Crippen LogP contribution in [0.25, 0.3) is 33.8 Å². The van der Waals surface area contributed by atoms with E-state index in [2.05, 4.69) is 79.0 Å². The molecule has 0 saturated heterocycles. The van der Waals surface area contributed by atoms with Crippen molar-refractivity contribution in [3.63, 3.8) is 0 Å². The largest absolute Gasteiger partial charge is 0.496 e. The third kappa shape index (κ3) is 11.4. The summed E-state index contributed by atoms with van der Waals surface area (Å²) < 4.78 is 50.4. The maximum absolute atomic E-state index is 13.7. The van der Waals surface area contributed by atoms with Crippen LogP contribution in [-0.4, -0.2) is 62.6 Å². The first-order chi connectivity index (χ1) is 29.5. The smallest absolute Gasteiger partial charge is 0.323 e. The third-order valence-electron chi connectivity index (χ3n) is 8.83. The first kappa shape index (κ1) is 46.8. The van der Waals surface area contributed by atoms with Gasteiger partial charge in [-0.15, -0.1) is 0 Å². The lowest BCUT2D eigenvalue weighted by Gasteiger charge is -2.13. The normalized spacial score (nSPS) is 10.5. The van der Waals surface area contributed by atoms with Gasteiger partial charge in [0.2, 0.25) is 5.91 Å². The molecule has 62 heavy (non-hydrogen) atoms. The van der Waals surface area contributed by atoms with Crippen molar-refractivity contribution in [2.24, 2.45) is 21.1 Å². The summed E-state index contributed by atoms with van der Waals surface area (Å²) in [5, 5.41) is 20.2. The lowest BCUT2D eigenvalue weighted by Crippen LogP contribution is -2.20. The summed E-state index contributed by atoms with van der Waals surface area (Å²) in [7, 11) is 10.3. The lowest BCUT2D eigenvalue weighted by molar-refractivity contribution is -0.114. The summed E-state index contributed by atoms with van der Waals surface area (Å²) in [5.41, 5.74) is 12.6. The highest BCUT2D eigenvalue weighted by molar-refractivity contribution is 9.11. The Morgan fingerprint density at radius 1 is 0.597 bits per heavy atom. The van der Waals surface area contributed by atoms with Crippen LogP contribution in [0.3, 0.4) is 0 Å². The first-order valence-electron chi connectivity index (χ1n) is 18.2. The van der Waals surface area contributed by atoms with E-state index < -0.39 is 17.7 Å². The van der Waals surface area contributed by atoms with Gasteiger partial charge in [0, 0.05) is 67.9 Å². The average molecular weight is 1040 g/mol. The molecule has 0 bridgehead atoms. The van der Waals surface area contributed by atoms with E-state index in [9.17, 15) is 18.4 Å². The van der Waals surface area contributed by atoms with Crippen molar-refractivity contribution in [3.05, 3.63) is 116 Å². The molecule has 324 valence electrons. The van der Waals surface area contributed by atoms with Gasteiger partial charge in [-0.1, -0.05) is 0 Å². The Labute approximate surface area is 380 Å². The van der Waals surface area contributed by atoms with Crippen LogP contribution in [0.5, 0.6) is 17.2 Å². The summed E-state index contributed by atoms with van der Waals surface area (Å²) in [5.74, 6) is 0.395. The molecule has 0 aliphatic carbocycles. The number of urea groups is 1. The molecule has 0 saturated carbocycles. The van der Waals surface area contributed by atoms with Gasteiger partial charge < -0.3 is 35.9 Å². The zero-order chi connectivity index (χ0) is 45.2. The minimum atomic E-state index is -0.862. The highest BCUT2D eigenvalue weighted by Gasteiger charge is 2.18. The number of aromatic nitrogens is 6. The number of hydrogen-bond donors (Lipinski definition) is 4. The van der Waals surface area contributed by atoms with Crippen LogP contribution in [0.15, 0.2) is 105 Å². The van der Waals surface area contributed by atoms with Crippen LogP contribution in [0.4, 0.5) is 36.3 Å². The van der Waals surface area contributed by atoms with E-state index in [-0.39, 0.29) is 11.6 Å². The lowest BCUT2D eigenvalue weighted by atomic mass is 10.1. The number of carbonyl (C=O) groups excluding carboxylic acids is 2. The number of benzene rings is 4. The van der Waals surface area contributed by atoms with Crippen molar-refractivity contribution < 1.29 is 32.6 Å². The number of anilines is 4. The van der Waals surface area contributed by atoms with Gasteiger partial charge in [-0.05, 0) is 115 Å². The summed E-state index contributed by atoms with van der Waals surface area (Å²) in [4.78, 5) is 23.3. The molecule has 0 aliphatic heterocycles. The highest BCUT2D eigenvalue weighted by atomic mass is 79.9. The molecular weight excluding hydrogens is 1000 g/mol. The molecule has 5 N–H and O–H groups in total. The van der Waals surface area contributed by atoms with Crippen LogP contribution in [0, 0.1) is 11.6 Å². The number of nitrogen functional groups attached to an aromatic ring is 1. The third-order valence-corrected chi connectivity index (χ3v) is 10.6. The van der Waals surface area contributed by atoms with Gasteiger partial charge >= 0.3 is 6.03 Å². The maximum Gasteiger partial charge on any atom is 0.323 e. The van der Waals surface area contributed by atoms with Crippen molar-refractivity contribution in [2.75, 3.05) is 43.0 Å². The molecule has 0 atom stereocenters. The standard InChI is InChI=1S/C18H15BrF2N4O2.C13H14BrN3O2.C11H12BrN3O/c1-25-17(13(19)9-22-25)12-8-11(4-6-16(12)27-2)23-18(26)24-15-5-3-10(20)7-14(15)21;1-8(18)16-9-4-5-12(19-3)10(6-9)13-11(14)7-15-17(13)2;1-15-11(9(12)6-14-15)8-5-7(13)3-4-10(8)16-2/h3-9H,1-2H3,(H2,23,24,26);4-7H,1-3H3,(H,16,18);3-6H,13H2,1-2H3. The predicted octanol–water partition coefficient (Wildman–Crippen LogP) is 10.0. The molecule has 3 heterocycles. The molecule has 20 heteroatoms. The number of hydrogen-bond acceptors (Lipinski definition) is 9. The zero-order valence-corrected chi connectivity index (χ0v) is 39.1. The molecule has 3 amide bonds. The number of nitrogens with two attached hydrogens (primary N) is 1. The number of nitrogens with zero attached hydrogens (tertiary/aromatic N) is 6. The van der Waals surface area contributed by atoms with E-state index in [1.54, 1.807) is 85.3 Å². The summed E-state index contributed by atoms with van der Waals surface area (Å²) in [6.45, 7) is 1.48. The second kappa shape index (κ2) is 21.0. The quantitative estimate of drug-likeness (QED) is 0.103. The van der Waals surface area contributed by atoms with Crippen LogP contribution in [0.2, 0.25) is 0 Å². The van der Waals surface area contributed by atoms with E-state index in [4.69, 9.17) is 19.9 Å². The van der Waals surface area contributed by atoms with E-state index in [0.29, 0.717) is 28.8 Å². The molecule has 0 aliphatic rings. The molecule has 15 nitrogen and oxygen atoms in total. The van der Waals surface area contributed by atoms with Crippen LogP contribution in [0.1, 0.15) is 6.92 Å². The van der Waals surface area contributed by atoms with Gasteiger partial charge in [0.25, 0.3) is 0 Å². The van der Waals surface area contributed by atoms with Crippen molar-refractivity contribution in [1.29, 1.82) is 0 Å². The fourth-order valence-electron chi connectivity index (χ4n) is 6.07. The molecule has 0 radical (unpaired) electrons. The Kier molecular flexibility index (Phi) is 15.9. The Hall–Kier alpha value is -6.25. The second-order valence-corrected chi connectivity index (χ2v) is 15.6. The number of rotatable bonds is 9. The fourth-order valence-corrected chi connectivity index (χ4v) is 7.76. The van der Waals surface area contributed by atoms with Gasteiger partial charge in [-0.25, -0.2) is 13.6 Å². The number of halogens is 5. The highest BCUT2D eigenvalue weighted by Crippen LogP contribution is 2.38. The fraction of sp³-hybridized carbons (Fsp3) is 0.167. The first-order valence-corrected chi connectivity index (χ1v) is 20.6. The Balaban J connectivity index is 0.000000183. The number of aryl methyl sites for hydroxylation is 3. The molecule has 0 unspecified atom stereocenters. The van der Waals surface area contributed by atoms with E-state index in [1.807, 2.05) is 44.4 Å². The van der Waals surface area contributed by atoms with E-state index >= 15 is 0 Å². The van der Waals surface area contributed by atoms with Crippen molar-refractivity contribution in [2.45, 2.75) is 6.92 Å². The van der Waals surface area contributed by atoms with Crippen LogP contribution < -0.4 is 35.9 Å². The van der Waals surface area contributed by atoms with Crippen molar-refractivity contribution >= 4 is 82.5 Å². The number of methoxy groups -OCH3 is 3. The zero-order valence-electron chi connectivity index (χ0n) is 34.4. The summed E-state index contributed by atoms with van der Waals surface area (Å²) in [6.07, 6.45) is 5.12. The van der Waals surface area contributed by atoms with Gasteiger partial charge in [0.15, 0.2) is 0 Å². The number of amides is 3. The van der Waals surface area contributed by atoms with Crippen molar-refractivity contribution in [3.8, 4) is 51.0 Å². The number of nitrogens with one attached hydrogen (secondary N) is 3. The van der Waals surface area contributed by atoms with Crippen LogP contribution >= 0.6 is 47.8 Å². The van der Waals surface area contributed by atoms with E-state index in [1.165, 1.54) is 6.92 Å². The topological polar surface area (TPSA) is 177 Å². The van der Waals surface area contributed by atoms with Gasteiger partial charge in [-0.2, -0.15) is 15.3 Å². The minimum Gasteiger partial charge on any atom is -0.496 e. The Morgan fingerprint density at radius 2 is 1.02 bits per heavy atom. The molecular formula is C42H41Br3F2N10O5. The van der Waals surface area contributed by atoms with Gasteiger partial charge in [0.05, 0.1) is 76.1 Å². The Morgan fingerprint density at radius 3 is 1.40 bits per heavy atom. The molecule has 3 aromatic heterocycles. The van der Waals surface area contributed by atoms with Crippen LogP contribution in [-0.2, 0) is 25.9 Å². The van der Waals surface area contributed by atoms with Crippen molar-refractivity contribution in [1.82, 2.24) is 29.3 Å². The van der Waals surface area contributed by atoms with E-state index in [0.717, 1.165) is 70.9 Å².